The van der Waals surface area contributed by atoms with Crippen molar-refractivity contribution >= 4 is 5.97 Å². The number of aliphatic hydroxyl groups is 1. The summed E-state index contributed by atoms with van der Waals surface area (Å²) in [5.41, 5.74) is 0. The minimum Gasteiger partial charge on any atom is -0.457 e. The molecule has 1 fully saturated rings. The number of methoxy groups -OCH3 is 1. The number of hydrogen-bond acceptors (Lipinski definition) is 5. The third kappa shape index (κ3) is 2.95. The van der Waals surface area contributed by atoms with Crippen LogP contribution < -0.4 is 0 Å². The fourth-order valence-electron chi connectivity index (χ4n) is 1.24. The number of rotatable bonds is 2. The molecule has 1 N–H and O–H groups in total. The van der Waals surface area contributed by atoms with Crippen LogP contribution >= 0.6 is 0 Å². The summed E-state index contributed by atoms with van der Waals surface area (Å²) in [6, 6.07) is 0. The third-order valence-electron chi connectivity index (χ3n) is 1.92. The van der Waals surface area contributed by atoms with Crippen LogP contribution in [0.2, 0.25) is 0 Å². The molecule has 1 aliphatic rings. The topological polar surface area (TPSA) is 65.0 Å². The molecular formula is C8H14O5. The van der Waals surface area contributed by atoms with Gasteiger partial charge in [-0.05, 0) is 0 Å². The predicted octanol–water partition coefficient (Wildman–Crippen LogP) is -0.328. The minimum absolute atomic E-state index is 0.118. The Kier molecular flexibility index (Phi) is 3.65. The van der Waals surface area contributed by atoms with E-state index in [-0.39, 0.29) is 6.10 Å². The zero-order valence-corrected chi connectivity index (χ0v) is 7.73. The molecule has 13 heavy (non-hydrogen) atoms. The Hall–Kier alpha value is -0.650. The van der Waals surface area contributed by atoms with E-state index in [1.807, 2.05) is 0 Å². The van der Waals surface area contributed by atoms with Gasteiger partial charge in [0.2, 0.25) is 0 Å². The molecule has 0 saturated carbocycles. The number of ether oxygens (including phenoxy) is 3. The molecule has 0 aromatic rings. The molecule has 5 nitrogen and oxygen atoms in total. The SMILES string of the molecule is CO[C@@H]1COC(O)[C@H](OC(C)=O)C1. The van der Waals surface area contributed by atoms with Gasteiger partial charge >= 0.3 is 5.97 Å². The maximum atomic E-state index is 10.6. The number of hydrogen-bond donors (Lipinski definition) is 1. The summed E-state index contributed by atoms with van der Waals surface area (Å²) < 4.78 is 14.8. The lowest BCUT2D eigenvalue weighted by Crippen LogP contribution is -2.43. The Morgan fingerprint density at radius 3 is 2.85 bits per heavy atom. The van der Waals surface area contributed by atoms with Gasteiger partial charge in [0.1, 0.15) is 0 Å². The van der Waals surface area contributed by atoms with Gasteiger partial charge in [0, 0.05) is 20.5 Å². The van der Waals surface area contributed by atoms with E-state index in [9.17, 15) is 9.90 Å². The first kappa shape index (κ1) is 10.4. The van der Waals surface area contributed by atoms with Gasteiger partial charge in [-0.1, -0.05) is 0 Å². The minimum atomic E-state index is -1.03. The number of carbonyl (C=O) groups excluding carboxylic acids is 1. The second-order valence-corrected chi connectivity index (χ2v) is 2.97. The molecular weight excluding hydrogens is 176 g/mol. The van der Waals surface area contributed by atoms with Crippen LogP contribution in [0.15, 0.2) is 0 Å². The Bertz CT molecular complexity index is 181. The van der Waals surface area contributed by atoms with Gasteiger partial charge < -0.3 is 19.3 Å². The molecule has 1 heterocycles. The van der Waals surface area contributed by atoms with Gasteiger partial charge in [-0.15, -0.1) is 0 Å². The normalized spacial score (nSPS) is 34.2. The first-order valence-corrected chi connectivity index (χ1v) is 4.13. The van der Waals surface area contributed by atoms with Crippen molar-refractivity contribution in [3.8, 4) is 0 Å². The zero-order valence-electron chi connectivity index (χ0n) is 7.73. The van der Waals surface area contributed by atoms with Crippen molar-refractivity contribution in [2.24, 2.45) is 0 Å². The van der Waals surface area contributed by atoms with E-state index in [2.05, 4.69) is 0 Å². The maximum Gasteiger partial charge on any atom is 0.303 e. The van der Waals surface area contributed by atoms with Crippen LogP contribution in [0.4, 0.5) is 0 Å². The van der Waals surface area contributed by atoms with Gasteiger partial charge in [-0.25, -0.2) is 0 Å². The lowest BCUT2D eigenvalue weighted by Gasteiger charge is -2.31. The first-order chi connectivity index (χ1) is 6.13. The van der Waals surface area contributed by atoms with Crippen molar-refractivity contribution in [3.63, 3.8) is 0 Å². The fourth-order valence-corrected chi connectivity index (χ4v) is 1.24. The average Bonchev–Trinajstić information content (AvgIpc) is 2.08. The number of esters is 1. The second-order valence-electron chi connectivity index (χ2n) is 2.97. The van der Waals surface area contributed by atoms with Crippen molar-refractivity contribution in [1.82, 2.24) is 0 Å². The van der Waals surface area contributed by atoms with Gasteiger partial charge in [0.15, 0.2) is 12.4 Å². The molecule has 3 atom stereocenters. The van der Waals surface area contributed by atoms with E-state index in [1.165, 1.54) is 6.92 Å². The third-order valence-corrected chi connectivity index (χ3v) is 1.92. The van der Waals surface area contributed by atoms with E-state index in [4.69, 9.17) is 14.2 Å². The number of aliphatic hydroxyl groups excluding tert-OH is 1. The van der Waals surface area contributed by atoms with Crippen LogP contribution in [0, 0.1) is 0 Å². The van der Waals surface area contributed by atoms with Crippen LogP contribution in [0.25, 0.3) is 0 Å². The summed E-state index contributed by atoms with van der Waals surface area (Å²) in [4.78, 5) is 10.6. The summed E-state index contributed by atoms with van der Waals surface area (Å²) in [5, 5.41) is 9.28. The van der Waals surface area contributed by atoms with E-state index in [0.717, 1.165) is 0 Å². The quantitative estimate of drug-likeness (QED) is 0.604. The standard InChI is InChI=1S/C8H14O5/c1-5(9)13-7-3-6(11-2)4-12-8(7)10/h6-8,10H,3-4H2,1-2H3/t6-,7+,8?/m0/s1. The van der Waals surface area contributed by atoms with Crippen LogP contribution in [0.5, 0.6) is 0 Å². The highest BCUT2D eigenvalue weighted by molar-refractivity contribution is 5.66. The highest BCUT2D eigenvalue weighted by atomic mass is 16.7. The van der Waals surface area contributed by atoms with Crippen molar-refractivity contribution in [2.45, 2.75) is 31.8 Å². The highest BCUT2D eigenvalue weighted by Gasteiger charge is 2.32. The lowest BCUT2D eigenvalue weighted by atomic mass is 10.1. The predicted molar refractivity (Wildman–Crippen MR) is 42.9 cm³/mol. The van der Waals surface area contributed by atoms with Crippen LogP contribution in [-0.2, 0) is 19.0 Å². The highest BCUT2D eigenvalue weighted by Crippen LogP contribution is 2.17. The Balaban J connectivity index is 2.44. The Labute approximate surface area is 76.6 Å². The summed E-state index contributed by atoms with van der Waals surface area (Å²) in [6.07, 6.45) is -1.30. The molecule has 1 saturated heterocycles. The molecule has 76 valence electrons. The van der Waals surface area contributed by atoms with E-state index in [1.54, 1.807) is 7.11 Å². The molecule has 0 aromatic carbocycles. The van der Waals surface area contributed by atoms with Gasteiger partial charge in [-0.3, -0.25) is 4.79 Å². The fraction of sp³-hybridized carbons (Fsp3) is 0.875. The Morgan fingerprint density at radius 1 is 1.62 bits per heavy atom. The maximum absolute atomic E-state index is 10.6. The Morgan fingerprint density at radius 2 is 2.31 bits per heavy atom. The monoisotopic (exact) mass is 190 g/mol. The molecule has 0 aliphatic carbocycles. The van der Waals surface area contributed by atoms with Crippen molar-refractivity contribution in [3.05, 3.63) is 0 Å². The molecule has 0 radical (unpaired) electrons. The molecule has 0 aromatic heterocycles. The summed E-state index contributed by atoms with van der Waals surface area (Å²) in [7, 11) is 1.55. The number of carbonyl (C=O) groups is 1. The van der Waals surface area contributed by atoms with Gasteiger partial charge in [0.05, 0.1) is 12.7 Å². The summed E-state index contributed by atoms with van der Waals surface area (Å²) in [5.74, 6) is -0.426. The van der Waals surface area contributed by atoms with Gasteiger partial charge in [-0.2, -0.15) is 0 Å². The van der Waals surface area contributed by atoms with E-state index < -0.39 is 18.4 Å². The molecule has 1 aliphatic heterocycles. The summed E-state index contributed by atoms with van der Waals surface area (Å²) in [6.45, 7) is 1.62. The smallest absolute Gasteiger partial charge is 0.303 e. The molecule has 1 rings (SSSR count). The van der Waals surface area contributed by atoms with Crippen molar-refractivity contribution in [1.29, 1.82) is 0 Å². The first-order valence-electron chi connectivity index (χ1n) is 4.13. The van der Waals surface area contributed by atoms with E-state index in [0.29, 0.717) is 13.0 Å². The zero-order chi connectivity index (χ0) is 9.84. The average molecular weight is 190 g/mol. The van der Waals surface area contributed by atoms with Crippen LogP contribution in [0.1, 0.15) is 13.3 Å². The molecule has 1 unspecified atom stereocenters. The van der Waals surface area contributed by atoms with Crippen LogP contribution in [0.3, 0.4) is 0 Å². The van der Waals surface area contributed by atoms with Crippen molar-refractivity contribution < 1.29 is 24.1 Å². The molecule has 5 heteroatoms. The summed E-state index contributed by atoms with van der Waals surface area (Å²) >= 11 is 0. The van der Waals surface area contributed by atoms with E-state index >= 15 is 0 Å². The van der Waals surface area contributed by atoms with Crippen LogP contribution in [-0.4, -0.2) is 43.3 Å². The largest absolute Gasteiger partial charge is 0.457 e. The molecule has 0 spiro atoms. The van der Waals surface area contributed by atoms with Gasteiger partial charge in [0.25, 0.3) is 0 Å². The second kappa shape index (κ2) is 4.55. The molecule has 0 amide bonds. The lowest BCUT2D eigenvalue weighted by molar-refractivity contribution is -0.227. The molecule has 0 bridgehead atoms. The van der Waals surface area contributed by atoms with Crippen molar-refractivity contribution in [2.75, 3.05) is 13.7 Å².